The third-order valence-electron chi connectivity index (χ3n) is 5.66. The van der Waals surface area contributed by atoms with Gasteiger partial charge in [-0.05, 0) is 50.3 Å². The monoisotopic (exact) mass is 435 g/mol. The lowest BCUT2D eigenvalue weighted by Crippen LogP contribution is -2.40. The molecular formula is C22H21F4N3O2. The first kappa shape index (κ1) is 21.3. The molecule has 3 heterocycles. The van der Waals surface area contributed by atoms with Crippen molar-refractivity contribution in [1.29, 1.82) is 0 Å². The molecule has 1 amide bonds. The van der Waals surface area contributed by atoms with Crippen LogP contribution in [-0.2, 0) is 6.18 Å². The highest BCUT2D eigenvalue weighted by molar-refractivity contribution is 6.07. The van der Waals surface area contributed by atoms with E-state index in [0.717, 1.165) is 25.0 Å². The van der Waals surface area contributed by atoms with Gasteiger partial charge in [-0.25, -0.2) is 4.98 Å². The lowest BCUT2D eigenvalue weighted by atomic mass is 9.94. The number of aromatic nitrogens is 2. The number of pyridine rings is 1. The number of carbonyl (C=O) groups excluding carboxylic acids is 1. The van der Waals surface area contributed by atoms with Gasteiger partial charge in [-0.1, -0.05) is 17.3 Å². The zero-order chi connectivity index (χ0) is 22.2. The lowest BCUT2D eigenvalue weighted by Gasteiger charge is -2.32. The maximum atomic E-state index is 13.4. The van der Waals surface area contributed by atoms with Gasteiger partial charge in [-0.2, -0.15) is 13.2 Å². The number of fused-ring (bicyclic) bond motifs is 1. The standard InChI is InChI=1S/C22H21F4N3O2/c1-13-19-17(21(30)29-9-3-4-14(12-29)7-8-23)11-18(27-20(19)31-28-13)15-5-2-6-16(10-15)22(24,25)26/h2,5-6,10-11,14H,3-4,7-9,12H2,1H3. The molecule has 0 spiro atoms. The van der Waals surface area contributed by atoms with Crippen LogP contribution >= 0.6 is 0 Å². The third-order valence-corrected chi connectivity index (χ3v) is 5.66. The lowest BCUT2D eigenvalue weighted by molar-refractivity contribution is -0.137. The molecule has 31 heavy (non-hydrogen) atoms. The Balaban J connectivity index is 1.77. The van der Waals surface area contributed by atoms with Gasteiger partial charge in [0, 0.05) is 18.7 Å². The third kappa shape index (κ3) is 4.26. The van der Waals surface area contributed by atoms with Gasteiger partial charge in [0.15, 0.2) is 0 Å². The van der Waals surface area contributed by atoms with E-state index in [4.69, 9.17) is 4.52 Å². The Morgan fingerprint density at radius 3 is 2.84 bits per heavy atom. The minimum absolute atomic E-state index is 0.0894. The molecule has 5 nitrogen and oxygen atoms in total. The van der Waals surface area contributed by atoms with Crippen LogP contribution in [0.25, 0.3) is 22.4 Å². The summed E-state index contributed by atoms with van der Waals surface area (Å²) in [5, 5.41) is 4.32. The molecule has 164 valence electrons. The number of aryl methyl sites for hydroxylation is 1. The predicted molar refractivity (Wildman–Crippen MR) is 106 cm³/mol. The smallest absolute Gasteiger partial charge is 0.338 e. The molecule has 1 aromatic carbocycles. The first-order chi connectivity index (χ1) is 14.8. The largest absolute Gasteiger partial charge is 0.416 e. The van der Waals surface area contributed by atoms with Crippen LogP contribution in [0, 0.1) is 12.8 Å². The Morgan fingerprint density at radius 1 is 1.29 bits per heavy atom. The van der Waals surface area contributed by atoms with E-state index < -0.39 is 18.4 Å². The van der Waals surface area contributed by atoms with Crippen molar-refractivity contribution in [1.82, 2.24) is 15.0 Å². The summed E-state index contributed by atoms with van der Waals surface area (Å²) in [6.07, 6.45) is -2.47. The maximum absolute atomic E-state index is 13.4. The van der Waals surface area contributed by atoms with E-state index in [1.807, 2.05) is 0 Å². The molecule has 1 saturated heterocycles. The second-order valence-corrected chi connectivity index (χ2v) is 7.82. The number of alkyl halides is 4. The number of nitrogens with zero attached hydrogens (tertiary/aromatic N) is 3. The Bertz CT molecular complexity index is 1110. The summed E-state index contributed by atoms with van der Waals surface area (Å²) in [5.74, 6) is -0.193. The van der Waals surface area contributed by atoms with Gasteiger partial charge < -0.3 is 9.42 Å². The summed E-state index contributed by atoms with van der Waals surface area (Å²) >= 11 is 0. The van der Waals surface area contributed by atoms with E-state index in [1.54, 1.807) is 11.8 Å². The fraction of sp³-hybridized carbons (Fsp3) is 0.409. The van der Waals surface area contributed by atoms with Crippen LogP contribution in [0.2, 0.25) is 0 Å². The fourth-order valence-electron chi connectivity index (χ4n) is 4.08. The van der Waals surface area contributed by atoms with Crippen LogP contribution in [0.5, 0.6) is 0 Å². The second kappa shape index (κ2) is 8.28. The predicted octanol–water partition coefficient (Wildman–Crippen LogP) is 5.43. The van der Waals surface area contributed by atoms with E-state index in [1.165, 1.54) is 18.2 Å². The average Bonchev–Trinajstić information content (AvgIpc) is 3.13. The molecule has 1 aliphatic heterocycles. The number of hydrogen-bond acceptors (Lipinski definition) is 4. The summed E-state index contributed by atoms with van der Waals surface area (Å²) in [7, 11) is 0. The first-order valence-electron chi connectivity index (χ1n) is 10.1. The highest BCUT2D eigenvalue weighted by Gasteiger charge is 2.31. The highest BCUT2D eigenvalue weighted by Crippen LogP contribution is 2.34. The number of hydrogen-bond donors (Lipinski definition) is 0. The molecule has 9 heteroatoms. The van der Waals surface area contributed by atoms with Crippen molar-refractivity contribution in [3.63, 3.8) is 0 Å². The van der Waals surface area contributed by atoms with E-state index in [9.17, 15) is 22.4 Å². The molecule has 1 atom stereocenters. The van der Waals surface area contributed by atoms with Gasteiger partial charge in [0.05, 0.1) is 34.6 Å². The zero-order valence-corrected chi connectivity index (χ0v) is 16.9. The van der Waals surface area contributed by atoms with E-state index in [-0.39, 0.29) is 34.4 Å². The van der Waals surface area contributed by atoms with Crippen LogP contribution < -0.4 is 0 Å². The summed E-state index contributed by atoms with van der Waals surface area (Å²) in [6.45, 7) is 2.22. The maximum Gasteiger partial charge on any atom is 0.416 e. The fourth-order valence-corrected chi connectivity index (χ4v) is 4.08. The van der Waals surface area contributed by atoms with Gasteiger partial charge >= 0.3 is 6.18 Å². The van der Waals surface area contributed by atoms with Crippen LogP contribution in [0.15, 0.2) is 34.9 Å². The van der Waals surface area contributed by atoms with Gasteiger partial charge in [0.25, 0.3) is 11.6 Å². The minimum Gasteiger partial charge on any atom is -0.338 e. The average molecular weight is 435 g/mol. The van der Waals surface area contributed by atoms with Crippen molar-refractivity contribution >= 4 is 17.0 Å². The molecular weight excluding hydrogens is 414 g/mol. The minimum atomic E-state index is -4.50. The van der Waals surface area contributed by atoms with Gasteiger partial charge in [-0.3, -0.25) is 9.18 Å². The Morgan fingerprint density at radius 2 is 2.10 bits per heavy atom. The molecule has 4 rings (SSSR count). The van der Waals surface area contributed by atoms with Gasteiger partial charge in [-0.15, -0.1) is 0 Å². The molecule has 0 saturated carbocycles. The number of benzene rings is 1. The van der Waals surface area contributed by atoms with E-state index in [0.29, 0.717) is 30.6 Å². The molecule has 0 radical (unpaired) electrons. The first-order valence-corrected chi connectivity index (χ1v) is 10.1. The second-order valence-electron chi connectivity index (χ2n) is 7.82. The Labute approximate surface area is 176 Å². The SMILES string of the molecule is Cc1noc2nc(-c3cccc(C(F)(F)F)c3)cc(C(=O)N3CCCC(CCF)C3)c12. The normalized spacial score (nSPS) is 17.3. The quantitative estimate of drug-likeness (QED) is 0.513. The molecule has 1 fully saturated rings. The van der Waals surface area contributed by atoms with Crippen LogP contribution in [0.3, 0.4) is 0 Å². The number of likely N-dealkylation sites (tertiary alicyclic amines) is 1. The van der Waals surface area contributed by atoms with Crippen molar-refractivity contribution in [2.24, 2.45) is 5.92 Å². The summed E-state index contributed by atoms with van der Waals surface area (Å²) < 4.78 is 57.5. The van der Waals surface area contributed by atoms with Gasteiger partial charge in [0.1, 0.15) is 0 Å². The zero-order valence-electron chi connectivity index (χ0n) is 16.9. The Hall–Kier alpha value is -2.97. The molecule has 1 aliphatic rings. The molecule has 2 aromatic heterocycles. The van der Waals surface area contributed by atoms with Crippen molar-refractivity contribution in [2.45, 2.75) is 32.4 Å². The summed E-state index contributed by atoms with van der Waals surface area (Å²) in [4.78, 5) is 19.4. The molecule has 0 aliphatic carbocycles. The van der Waals surface area contributed by atoms with Crippen LogP contribution in [0.4, 0.5) is 17.6 Å². The van der Waals surface area contributed by atoms with Crippen molar-refractivity contribution < 1.29 is 26.9 Å². The number of amides is 1. The van der Waals surface area contributed by atoms with Crippen LogP contribution in [-0.4, -0.2) is 40.7 Å². The van der Waals surface area contributed by atoms with Crippen molar-refractivity contribution in [2.75, 3.05) is 19.8 Å². The number of carbonyl (C=O) groups is 1. The van der Waals surface area contributed by atoms with Crippen molar-refractivity contribution in [3.8, 4) is 11.3 Å². The molecule has 3 aromatic rings. The number of halogens is 4. The van der Waals surface area contributed by atoms with E-state index in [2.05, 4.69) is 10.1 Å². The van der Waals surface area contributed by atoms with Gasteiger partial charge in [0.2, 0.25) is 0 Å². The summed E-state index contributed by atoms with van der Waals surface area (Å²) in [5.41, 5.74) is 0.437. The molecule has 1 unspecified atom stereocenters. The van der Waals surface area contributed by atoms with E-state index >= 15 is 0 Å². The number of rotatable bonds is 4. The molecule has 0 bridgehead atoms. The summed E-state index contributed by atoms with van der Waals surface area (Å²) in [6, 6.07) is 6.25. The van der Waals surface area contributed by atoms with Crippen LogP contribution in [0.1, 0.15) is 40.9 Å². The molecule has 0 N–H and O–H groups in total. The highest BCUT2D eigenvalue weighted by atomic mass is 19.4. The Kier molecular flexibility index (Phi) is 5.68. The topological polar surface area (TPSA) is 59.2 Å². The van der Waals surface area contributed by atoms with Crippen molar-refractivity contribution in [3.05, 3.63) is 47.2 Å². The number of piperidine rings is 1.